The minimum Gasteiger partial charge on any atom is -0.491 e. The maximum Gasteiger partial charge on any atom is 0.191 e. The van der Waals surface area contributed by atoms with Crippen LogP contribution in [-0.2, 0) is 16.0 Å². The first-order valence-electron chi connectivity index (χ1n) is 10.1. The molecule has 7 nitrogen and oxygen atoms in total. The Morgan fingerprint density at radius 2 is 2.00 bits per heavy atom. The minimum absolute atomic E-state index is 0. The SMILES string of the molecule is CN=C(NCc1ccc(C)cc1OCCOC)NCC(C)CN1CCOCC1.I. The molecule has 0 bridgehead atoms. The number of methoxy groups -OCH3 is 1. The van der Waals surface area contributed by atoms with Crippen LogP contribution in [0.25, 0.3) is 0 Å². The molecule has 0 radical (unpaired) electrons. The number of hydrogen-bond donors (Lipinski definition) is 2. The third-order valence-electron chi connectivity index (χ3n) is 4.73. The summed E-state index contributed by atoms with van der Waals surface area (Å²) in [6.07, 6.45) is 0. The van der Waals surface area contributed by atoms with Crippen molar-refractivity contribution in [2.75, 3.05) is 66.8 Å². The largest absolute Gasteiger partial charge is 0.491 e. The summed E-state index contributed by atoms with van der Waals surface area (Å²) in [5.41, 5.74) is 2.28. The summed E-state index contributed by atoms with van der Waals surface area (Å²) in [7, 11) is 3.48. The lowest BCUT2D eigenvalue weighted by Crippen LogP contribution is -2.43. The third-order valence-corrected chi connectivity index (χ3v) is 4.73. The van der Waals surface area contributed by atoms with Crippen molar-refractivity contribution in [3.63, 3.8) is 0 Å². The molecule has 1 aromatic carbocycles. The molecule has 0 aliphatic carbocycles. The number of ether oxygens (including phenoxy) is 3. The molecule has 0 spiro atoms. The van der Waals surface area contributed by atoms with Gasteiger partial charge < -0.3 is 24.8 Å². The van der Waals surface area contributed by atoms with Gasteiger partial charge in [-0.3, -0.25) is 9.89 Å². The van der Waals surface area contributed by atoms with Crippen molar-refractivity contribution in [2.45, 2.75) is 20.4 Å². The van der Waals surface area contributed by atoms with Crippen LogP contribution in [0.5, 0.6) is 5.75 Å². The van der Waals surface area contributed by atoms with Crippen LogP contribution in [0.2, 0.25) is 0 Å². The zero-order valence-electron chi connectivity index (χ0n) is 18.2. The number of aryl methyl sites for hydroxylation is 1. The van der Waals surface area contributed by atoms with Crippen molar-refractivity contribution in [1.82, 2.24) is 15.5 Å². The number of benzene rings is 1. The molecule has 1 aliphatic heterocycles. The normalized spacial score (nSPS) is 16.1. The van der Waals surface area contributed by atoms with Crippen LogP contribution in [-0.4, -0.2) is 77.6 Å². The van der Waals surface area contributed by atoms with Crippen LogP contribution >= 0.6 is 24.0 Å². The second kappa shape index (κ2) is 14.8. The van der Waals surface area contributed by atoms with Gasteiger partial charge in [-0.15, -0.1) is 24.0 Å². The fourth-order valence-corrected chi connectivity index (χ4v) is 3.14. The summed E-state index contributed by atoms with van der Waals surface area (Å²) in [5.74, 6) is 2.22. The zero-order valence-corrected chi connectivity index (χ0v) is 20.5. The maximum absolute atomic E-state index is 5.87. The average molecular weight is 520 g/mol. The Bertz CT molecular complexity index is 610. The Labute approximate surface area is 192 Å². The highest BCUT2D eigenvalue weighted by Crippen LogP contribution is 2.20. The predicted molar refractivity (Wildman–Crippen MR) is 129 cm³/mol. The van der Waals surface area contributed by atoms with E-state index in [-0.39, 0.29) is 24.0 Å². The van der Waals surface area contributed by atoms with Crippen molar-refractivity contribution in [3.05, 3.63) is 29.3 Å². The van der Waals surface area contributed by atoms with E-state index in [1.54, 1.807) is 14.2 Å². The first-order valence-corrected chi connectivity index (χ1v) is 10.1. The number of morpholine rings is 1. The quantitative estimate of drug-likeness (QED) is 0.214. The Balaban J connectivity index is 0.00000420. The van der Waals surface area contributed by atoms with Crippen molar-refractivity contribution < 1.29 is 14.2 Å². The van der Waals surface area contributed by atoms with Gasteiger partial charge in [-0.25, -0.2) is 0 Å². The molecular weight excluding hydrogens is 483 g/mol. The van der Waals surface area contributed by atoms with Gasteiger partial charge in [0, 0.05) is 52.4 Å². The van der Waals surface area contributed by atoms with E-state index in [4.69, 9.17) is 14.2 Å². The first-order chi connectivity index (χ1) is 13.6. The summed E-state index contributed by atoms with van der Waals surface area (Å²) >= 11 is 0. The fourth-order valence-electron chi connectivity index (χ4n) is 3.14. The van der Waals surface area contributed by atoms with Crippen molar-refractivity contribution in [3.8, 4) is 5.75 Å². The van der Waals surface area contributed by atoms with E-state index in [0.29, 0.717) is 25.7 Å². The van der Waals surface area contributed by atoms with Gasteiger partial charge in [0.2, 0.25) is 0 Å². The molecule has 0 amide bonds. The molecule has 1 atom stereocenters. The monoisotopic (exact) mass is 520 g/mol. The molecule has 1 fully saturated rings. The smallest absolute Gasteiger partial charge is 0.191 e. The lowest BCUT2D eigenvalue weighted by atomic mass is 10.1. The number of hydrogen-bond acceptors (Lipinski definition) is 5. The number of rotatable bonds is 10. The van der Waals surface area contributed by atoms with Crippen LogP contribution < -0.4 is 15.4 Å². The molecule has 2 N–H and O–H groups in total. The number of halogens is 1. The highest BCUT2D eigenvalue weighted by molar-refractivity contribution is 14.0. The summed E-state index contributed by atoms with van der Waals surface area (Å²) in [6, 6.07) is 6.26. The first kappa shape index (κ1) is 25.9. The van der Waals surface area contributed by atoms with Gasteiger partial charge in [0.1, 0.15) is 12.4 Å². The molecule has 1 saturated heterocycles. The van der Waals surface area contributed by atoms with Gasteiger partial charge in [0.05, 0.1) is 19.8 Å². The Morgan fingerprint density at radius 3 is 2.69 bits per heavy atom. The van der Waals surface area contributed by atoms with Gasteiger partial charge in [-0.2, -0.15) is 0 Å². The summed E-state index contributed by atoms with van der Waals surface area (Å²) in [6.45, 7) is 11.8. The molecule has 1 heterocycles. The number of guanidine groups is 1. The molecule has 2 rings (SSSR count). The number of aliphatic imine (C=N–C) groups is 1. The molecule has 8 heteroatoms. The van der Waals surface area contributed by atoms with E-state index in [1.165, 1.54) is 5.56 Å². The van der Waals surface area contributed by atoms with Crippen molar-refractivity contribution >= 4 is 29.9 Å². The molecule has 0 aromatic heterocycles. The second-order valence-corrected chi connectivity index (χ2v) is 7.28. The van der Waals surface area contributed by atoms with Crippen LogP contribution in [0.4, 0.5) is 0 Å². The number of nitrogens with zero attached hydrogens (tertiary/aromatic N) is 2. The van der Waals surface area contributed by atoms with Crippen molar-refractivity contribution in [2.24, 2.45) is 10.9 Å². The molecule has 0 saturated carbocycles. The standard InChI is InChI=1S/C21H36N4O3.HI/c1-17-5-6-19(20(13-17)28-12-11-26-4)15-24-21(22-3)23-14-18(2)16-25-7-9-27-10-8-25;/h5-6,13,18H,7-12,14-16H2,1-4H3,(H2,22,23,24);1H. The highest BCUT2D eigenvalue weighted by Gasteiger charge is 2.14. The van der Waals surface area contributed by atoms with Crippen LogP contribution in [0.1, 0.15) is 18.1 Å². The lowest BCUT2D eigenvalue weighted by molar-refractivity contribution is 0.0320. The van der Waals surface area contributed by atoms with E-state index in [1.807, 2.05) is 0 Å². The summed E-state index contributed by atoms with van der Waals surface area (Å²) in [4.78, 5) is 6.80. The number of nitrogens with one attached hydrogen (secondary N) is 2. The van der Waals surface area contributed by atoms with Gasteiger partial charge in [0.25, 0.3) is 0 Å². The molecule has 1 unspecified atom stereocenters. The van der Waals surface area contributed by atoms with Crippen LogP contribution in [0, 0.1) is 12.8 Å². The van der Waals surface area contributed by atoms with Gasteiger partial charge in [-0.05, 0) is 24.5 Å². The average Bonchev–Trinajstić information content (AvgIpc) is 2.70. The van der Waals surface area contributed by atoms with E-state index < -0.39 is 0 Å². The van der Waals surface area contributed by atoms with E-state index >= 15 is 0 Å². The van der Waals surface area contributed by atoms with Crippen LogP contribution in [0.3, 0.4) is 0 Å². The lowest BCUT2D eigenvalue weighted by Gasteiger charge is -2.29. The Kier molecular flexibility index (Phi) is 13.2. The van der Waals surface area contributed by atoms with Gasteiger partial charge >= 0.3 is 0 Å². The zero-order chi connectivity index (χ0) is 20.2. The maximum atomic E-state index is 5.87. The fraction of sp³-hybridized carbons (Fsp3) is 0.667. The van der Waals surface area contributed by atoms with E-state index in [0.717, 1.165) is 56.7 Å². The van der Waals surface area contributed by atoms with E-state index in [9.17, 15) is 0 Å². The second-order valence-electron chi connectivity index (χ2n) is 7.28. The summed E-state index contributed by atoms with van der Waals surface area (Å²) < 4.78 is 16.4. The van der Waals surface area contributed by atoms with Gasteiger partial charge in [0.15, 0.2) is 5.96 Å². The molecule has 166 valence electrons. The molecule has 29 heavy (non-hydrogen) atoms. The summed E-state index contributed by atoms with van der Waals surface area (Å²) in [5, 5.41) is 6.82. The molecule has 1 aliphatic rings. The Hall–Kier alpha value is -1.10. The van der Waals surface area contributed by atoms with E-state index in [2.05, 4.69) is 52.6 Å². The van der Waals surface area contributed by atoms with Gasteiger partial charge in [-0.1, -0.05) is 19.1 Å². The Morgan fingerprint density at radius 1 is 1.24 bits per heavy atom. The predicted octanol–water partition coefficient (Wildman–Crippen LogP) is 2.27. The van der Waals surface area contributed by atoms with Crippen LogP contribution in [0.15, 0.2) is 23.2 Å². The van der Waals surface area contributed by atoms with Crippen molar-refractivity contribution in [1.29, 1.82) is 0 Å². The minimum atomic E-state index is 0. The topological polar surface area (TPSA) is 67.4 Å². The highest BCUT2D eigenvalue weighted by atomic mass is 127. The third kappa shape index (κ3) is 9.97. The molecular formula is C21H37IN4O3. The molecule has 1 aromatic rings.